The normalized spacial score (nSPS) is 11.4. The largest absolute Gasteiger partial charge is 0.455 e. The molecule has 0 unspecified atom stereocenters. The van der Waals surface area contributed by atoms with Gasteiger partial charge in [0.15, 0.2) is 5.76 Å². The van der Waals surface area contributed by atoms with Gasteiger partial charge in [0, 0.05) is 10.6 Å². The van der Waals surface area contributed by atoms with Crippen molar-refractivity contribution >= 4 is 35.0 Å². The number of rotatable bonds is 5. The summed E-state index contributed by atoms with van der Waals surface area (Å²) in [7, 11) is 0. The van der Waals surface area contributed by atoms with Crippen LogP contribution >= 0.6 is 23.4 Å². The zero-order valence-corrected chi connectivity index (χ0v) is 15.3. The summed E-state index contributed by atoms with van der Waals surface area (Å²) in [5.74, 6) is 0.652. The van der Waals surface area contributed by atoms with E-state index in [0.717, 1.165) is 23.1 Å². The highest BCUT2D eigenvalue weighted by molar-refractivity contribution is 7.98. The molecular weight excluding hydrogens is 399 g/mol. The first-order chi connectivity index (χ1) is 12.8. The fourth-order valence-electron chi connectivity index (χ4n) is 2.26. The van der Waals surface area contributed by atoms with Crippen LogP contribution in [0.1, 0.15) is 21.9 Å². The lowest BCUT2D eigenvalue weighted by Gasteiger charge is -2.10. The molecule has 0 atom stereocenters. The molecule has 0 aliphatic rings. The molecular formula is C19H13ClF3NO2S. The molecule has 1 aromatic heterocycles. The van der Waals surface area contributed by atoms with Crippen LogP contribution in [0.2, 0.25) is 5.02 Å². The summed E-state index contributed by atoms with van der Waals surface area (Å²) in [6.45, 7) is 0. The van der Waals surface area contributed by atoms with Gasteiger partial charge in [-0.05, 0) is 42.5 Å². The highest BCUT2D eigenvalue weighted by Gasteiger charge is 2.33. The number of hydrogen-bond acceptors (Lipinski definition) is 3. The van der Waals surface area contributed by atoms with Crippen LogP contribution in [-0.2, 0) is 11.9 Å². The van der Waals surface area contributed by atoms with Gasteiger partial charge >= 0.3 is 6.18 Å². The minimum absolute atomic E-state index is 0.0645. The number of hydrogen-bond donors (Lipinski definition) is 1. The summed E-state index contributed by atoms with van der Waals surface area (Å²) < 4.78 is 43.7. The SMILES string of the molecule is O=C(Nc1ccc(C(F)(F)F)c(Cl)c1)c1ccc(CSc2ccccc2)o1. The van der Waals surface area contributed by atoms with Gasteiger partial charge in [-0.1, -0.05) is 29.8 Å². The van der Waals surface area contributed by atoms with Crippen molar-refractivity contribution in [2.24, 2.45) is 0 Å². The lowest BCUT2D eigenvalue weighted by Crippen LogP contribution is -2.12. The first-order valence-corrected chi connectivity index (χ1v) is 9.14. The zero-order chi connectivity index (χ0) is 19.4. The molecule has 0 spiro atoms. The van der Waals surface area contributed by atoms with Crippen LogP contribution in [0.25, 0.3) is 0 Å². The smallest absolute Gasteiger partial charge is 0.417 e. The molecule has 0 fully saturated rings. The molecule has 0 radical (unpaired) electrons. The number of furan rings is 1. The van der Waals surface area contributed by atoms with Crippen molar-refractivity contribution in [1.82, 2.24) is 0 Å². The maximum atomic E-state index is 12.7. The van der Waals surface area contributed by atoms with Crippen LogP contribution in [0.5, 0.6) is 0 Å². The number of amides is 1. The molecule has 0 saturated heterocycles. The molecule has 1 N–H and O–H groups in total. The summed E-state index contributed by atoms with van der Waals surface area (Å²) in [6.07, 6.45) is -4.55. The molecule has 2 aromatic carbocycles. The van der Waals surface area contributed by atoms with Crippen LogP contribution < -0.4 is 5.32 Å². The Bertz CT molecular complexity index is 942. The molecule has 27 heavy (non-hydrogen) atoms. The van der Waals surface area contributed by atoms with Crippen LogP contribution in [0, 0.1) is 0 Å². The lowest BCUT2D eigenvalue weighted by molar-refractivity contribution is -0.137. The molecule has 3 nitrogen and oxygen atoms in total. The fourth-order valence-corrected chi connectivity index (χ4v) is 3.37. The van der Waals surface area contributed by atoms with E-state index in [1.807, 2.05) is 30.3 Å². The standard InChI is InChI=1S/C19H13ClF3NO2S/c20-16-10-12(6-8-15(16)19(21,22)23)24-18(25)17-9-7-13(26-17)11-27-14-4-2-1-3-5-14/h1-10H,11H2,(H,24,25). The Balaban J connectivity index is 1.63. The third-order valence-corrected chi connectivity index (χ3v) is 4.89. The Labute approximate surface area is 162 Å². The molecule has 8 heteroatoms. The number of halogens is 4. The van der Waals surface area contributed by atoms with Crippen LogP contribution in [-0.4, -0.2) is 5.91 Å². The highest BCUT2D eigenvalue weighted by atomic mass is 35.5. The van der Waals surface area contributed by atoms with Crippen molar-refractivity contribution < 1.29 is 22.4 Å². The first-order valence-electron chi connectivity index (χ1n) is 7.77. The average Bonchev–Trinajstić information content (AvgIpc) is 3.09. The molecule has 0 aliphatic heterocycles. The van der Waals surface area contributed by atoms with Crippen molar-refractivity contribution in [2.75, 3.05) is 5.32 Å². The molecule has 3 aromatic rings. The van der Waals surface area contributed by atoms with E-state index in [0.29, 0.717) is 11.5 Å². The minimum atomic E-state index is -4.55. The molecule has 1 amide bonds. The third kappa shape index (κ3) is 5.08. The first kappa shape index (κ1) is 19.4. The maximum absolute atomic E-state index is 12.7. The molecule has 1 heterocycles. The lowest BCUT2D eigenvalue weighted by atomic mass is 10.2. The molecule has 0 aliphatic carbocycles. The topological polar surface area (TPSA) is 42.2 Å². The number of carbonyl (C=O) groups is 1. The average molecular weight is 412 g/mol. The maximum Gasteiger partial charge on any atom is 0.417 e. The summed E-state index contributed by atoms with van der Waals surface area (Å²) in [4.78, 5) is 13.3. The Hall–Kier alpha value is -2.38. The van der Waals surface area contributed by atoms with E-state index in [1.54, 1.807) is 17.8 Å². The Morgan fingerprint density at radius 1 is 1.07 bits per heavy atom. The molecule has 3 rings (SSSR count). The van der Waals surface area contributed by atoms with E-state index in [-0.39, 0.29) is 11.4 Å². The van der Waals surface area contributed by atoms with E-state index in [4.69, 9.17) is 16.0 Å². The van der Waals surface area contributed by atoms with E-state index in [2.05, 4.69) is 5.32 Å². The second kappa shape index (κ2) is 8.10. The summed E-state index contributed by atoms with van der Waals surface area (Å²) in [6, 6.07) is 15.9. The van der Waals surface area contributed by atoms with Crippen molar-refractivity contribution in [3.05, 3.63) is 82.8 Å². The minimum Gasteiger partial charge on any atom is -0.455 e. The fraction of sp³-hybridized carbons (Fsp3) is 0.105. The predicted molar refractivity (Wildman–Crippen MR) is 99.1 cm³/mol. The Kier molecular flexibility index (Phi) is 5.82. The van der Waals surface area contributed by atoms with Gasteiger partial charge < -0.3 is 9.73 Å². The number of anilines is 1. The van der Waals surface area contributed by atoms with Crippen molar-refractivity contribution in [1.29, 1.82) is 0 Å². The Morgan fingerprint density at radius 3 is 2.48 bits per heavy atom. The Morgan fingerprint density at radius 2 is 1.81 bits per heavy atom. The molecule has 0 bridgehead atoms. The van der Waals surface area contributed by atoms with E-state index in [9.17, 15) is 18.0 Å². The highest BCUT2D eigenvalue weighted by Crippen LogP contribution is 2.36. The monoisotopic (exact) mass is 411 g/mol. The van der Waals surface area contributed by atoms with Crippen molar-refractivity contribution in [3.63, 3.8) is 0 Å². The van der Waals surface area contributed by atoms with E-state index < -0.39 is 22.7 Å². The predicted octanol–water partition coefficient (Wildman–Crippen LogP) is 6.50. The quantitative estimate of drug-likeness (QED) is 0.487. The molecule has 0 saturated carbocycles. The van der Waals surface area contributed by atoms with Crippen molar-refractivity contribution in [3.8, 4) is 0 Å². The van der Waals surface area contributed by atoms with Gasteiger partial charge in [-0.25, -0.2) is 0 Å². The van der Waals surface area contributed by atoms with Gasteiger partial charge in [-0.2, -0.15) is 13.2 Å². The number of nitrogens with one attached hydrogen (secondary N) is 1. The number of thioether (sulfide) groups is 1. The van der Waals surface area contributed by atoms with Crippen molar-refractivity contribution in [2.45, 2.75) is 16.8 Å². The van der Waals surface area contributed by atoms with Gasteiger partial charge in [-0.15, -0.1) is 11.8 Å². The summed E-state index contributed by atoms with van der Waals surface area (Å²) >= 11 is 7.21. The number of benzene rings is 2. The second-order valence-electron chi connectivity index (χ2n) is 5.51. The number of alkyl halides is 3. The van der Waals surface area contributed by atoms with E-state index >= 15 is 0 Å². The van der Waals surface area contributed by atoms with E-state index in [1.165, 1.54) is 6.07 Å². The van der Waals surface area contributed by atoms with Crippen LogP contribution in [0.4, 0.5) is 18.9 Å². The van der Waals surface area contributed by atoms with Gasteiger partial charge in [0.05, 0.1) is 16.3 Å². The summed E-state index contributed by atoms with van der Waals surface area (Å²) in [5, 5.41) is 1.99. The third-order valence-electron chi connectivity index (χ3n) is 3.54. The molecule has 140 valence electrons. The second-order valence-corrected chi connectivity index (χ2v) is 6.97. The summed E-state index contributed by atoms with van der Waals surface area (Å²) in [5.41, 5.74) is -0.810. The van der Waals surface area contributed by atoms with Crippen LogP contribution in [0.3, 0.4) is 0 Å². The van der Waals surface area contributed by atoms with Gasteiger partial charge in [-0.3, -0.25) is 4.79 Å². The van der Waals surface area contributed by atoms with Gasteiger partial charge in [0.25, 0.3) is 5.91 Å². The number of carbonyl (C=O) groups excluding carboxylic acids is 1. The van der Waals surface area contributed by atoms with Gasteiger partial charge in [0.2, 0.25) is 0 Å². The van der Waals surface area contributed by atoms with Gasteiger partial charge in [0.1, 0.15) is 5.76 Å². The van der Waals surface area contributed by atoms with Crippen LogP contribution in [0.15, 0.2) is 70.0 Å². The zero-order valence-electron chi connectivity index (χ0n) is 13.7.